The van der Waals surface area contributed by atoms with Gasteiger partial charge in [-0.15, -0.1) is 12.4 Å². The molecule has 0 bridgehead atoms. The minimum Gasteiger partial charge on any atom is -0.377 e. The maximum atomic E-state index is 6.08. The maximum absolute atomic E-state index is 6.08. The maximum Gasteiger partial charge on any atom is 0.0702 e. The van der Waals surface area contributed by atoms with Crippen LogP contribution in [0.1, 0.15) is 39.0 Å². The molecule has 0 amide bonds. The van der Waals surface area contributed by atoms with Crippen molar-refractivity contribution in [2.45, 2.75) is 45.1 Å². The Morgan fingerprint density at radius 1 is 1.32 bits per heavy atom. The zero-order valence-corrected chi connectivity index (χ0v) is 13.0. The van der Waals surface area contributed by atoms with E-state index in [4.69, 9.17) is 4.74 Å². The van der Waals surface area contributed by atoms with E-state index in [1.165, 1.54) is 64.8 Å². The zero-order valence-electron chi connectivity index (χ0n) is 12.2. The summed E-state index contributed by atoms with van der Waals surface area (Å²) in [5.74, 6) is 0.900. The fourth-order valence-electron chi connectivity index (χ4n) is 3.39. The van der Waals surface area contributed by atoms with Crippen LogP contribution in [0, 0.1) is 11.3 Å². The lowest BCUT2D eigenvalue weighted by molar-refractivity contribution is -0.0134. The van der Waals surface area contributed by atoms with Gasteiger partial charge in [-0.05, 0) is 56.5 Å². The van der Waals surface area contributed by atoms with Crippen molar-refractivity contribution < 1.29 is 4.74 Å². The van der Waals surface area contributed by atoms with E-state index in [9.17, 15) is 0 Å². The smallest absolute Gasteiger partial charge is 0.0702 e. The van der Waals surface area contributed by atoms with E-state index in [2.05, 4.69) is 17.1 Å². The van der Waals surface area contributed by atoms with E-state index in [1.54, 1.807) is 0 Å². The van der Waals surface area contributed by atoms with E-state index in [1.807, 2.05) is 0 Å². The van der Waals surface area contributed by atoms with Crippen LogP contribution in [0.5, 0.6) is 0 Å². The first kappa shape index (κ1) is 15.6. The number of nitrogens with zero attached hydrogens (tertiary/aromatic N) is 1. The Morgan fingerprint density at radius 3 is 2.84 bits per heavy atom. The van der Waals surface area contributed by atoms with Crippen LogP contribution in [-0.2, 0) is 4.74 Å². The van der Waals surface area contributed by atoms with E-state index in [-0.39, 0.29) is 12.4 Å². The minimum atomic E-state index is 0. The van der Waals surface area contributed by atoms with E-state index < -0.39 is 0 Å². The van der Waals surface area contributed by atoms with Gasteiger partial charge in [0.1, 0.15) is 0 Å². The highest BCUT2D eigenvalue weighted by Gasteiger charge is 2.33. The average molecular weight is 289 g/mol. The molecule has 2 heterocycles. The van der Waals surface area contributed by atoms with Crippen molar-refractivity contribution in [1.29, 1.82) is 0 Å². The van der Waals surface area contributed by atoms with Crippen LogP contribution < -0.4 is 5.32 Å². The highest BCUT2D eigenvalue weighted by Crippen LogP contribution is 2.31. The third kappa shape index (κ3) is 4.59. The summed E-state index contributed by atoms with van der Waals surface area (Å²) in [4.78, 5) is 2.65. The van der Waals surface area contributed by atoms with Gasteiger partial charge in [-0.2, -0.15) is 0 Å². The molecule has 1 saturated carbocycles. The van der Waals surface area contributed by atoms with Crippen LogP contribution in [0.25, 0.3) is 0 Å². The number of ether oxygens (including phenoxy) is 1. The predicted octanol–water partition coefficient (Wildman–Crippen LogP) is 2.30. The number of piperidine rings is 1. The molecule has 2 aliphatic heterocycles. The van der Waals surface area contributed by atoms with Crippen LogP contribution in [0.2, 0.25) is 0 Å². The third-order valence-electron chi connectivity index (χ3n) is 4.79. The summed E-state index contributed by atoms with van der Waals surface area (Å²) in [6.45, 7) is 9.55. The molecular formula is C15H29ClN2O. The van der Waals surface area contributed by atoms with Gasteiger partial charge in [0.05, 0.1) is 6.10 Å². The van der Waals surface area contributed by atoms with Crippen LogP contribution in [0.3, 0.4) is 0 Å². The van der Waals surface area contributed by atoms with Gasteiger partial charge in [0.2, 0.25) is 0 Å². The number of nitrogens with one attached hydrogen (secondary N) is 1. The van der Waals surface area contributed by atoms with Gasteiger partial charge in [-0.3, -0.25) is 0 Å². The molecule has 0 spiro atoms. The van der Waals surface area contributed by atoms with Crippen molar-refractivity contribution >= 4 is 12.4 Å². The van der Waals surface area contributed by atoms with E-state index in [0.29, 0.717) is 11.5 Å². The van der Waals surface area contributed by atoms with Crippen molar-refractivity contribution in [2.24, 2.45) is 11.3 Å². The fourth-order valence-corrected chi connectivity index (χ4v) is 3.39. The monoisotopic (exact) mass is 288 g/mol. The molecule has 1 aliphatic carbocycles. The largest absolute Gasteiger partial charge is 0.377 e. The van der Waals surface area contributed by atoms with Gasteiger partial charge in [-0.25, -0.2) is 0 Å². The lowest BCUT2D eigenvalue weighted by atomic mass is 9.88. The SMILES string of the molecule is CC1(CN2CCCC(OCC3CC3)C2)CCNC1.Cl. The topological polar surface area (TPSA) is 24.5 Å². The van der Waals surface area contributed by atoms with Gasteiger partial charge < -0.3 is 15.0 Å². The Hall–Kier alpha value is 0.170. The first-order chi connectivity index (χ1) is 8.73. The minimum absolute atomic E-state index is 0. The molecule has 2 atom stereocenters. The summed E-state index contributed by atoms with van der Waals surface area (Å²) >= 11 is 0. The molecule has 3 rings (SSSR count). The summed E-state index contributed by atoms with van der Waals surface area (Å²) in [5.41, 5.74) is 0.498. The summed E-state index contributed by atoms with van der Waals surface area (Å²) in [7, 11) is 0. The summed E-state index contributed by atoms with van der Waals surface area (Å²) in [6, 6.07) is 0. The molecule has 3 aliphatic rings. The van der Waals surface area contributed by atoms with Crippen molar-refractivity contribution in [3.05, 3.63) is 0 Å². The van der Waals surface area contributed by atoms with Crippen LogP contribution in [-0.4, -0.2) is 50.3 Å². The molecular weight excluding hydrogens is 260 g/mol. The van der Waals surface area contributed by atoms with E-state index in [0.717, 1.165) is 12.5 Å². The second kappa shape index (κ2) is 6.75. The Bertz CT molecular complexity index is 277. The molecule has 0 aromatic carbocycles. The zero-order chi connectivity index (χ0) is 12.4. The summed E-state index contributed by atoms with van der Waals surface area (Å²) < 4.78 is 6.08. The van der Waals surface area contributed by atoms with Crippen molar-refractivity contribution in [1.82, 2.24) is 10.2 Å². The van der Waals surface area contributed by atoms with Crippen LogP contribution in [0.15, 0.2) is 0 Å². The van der Waals surface area contributed by atoms with Crippen molar-refractivity contribution in [2.75, 3.05) is 39.3 Å². The van der Waals surface area contributed by atoms with Gasteiger partial charge in [-0.1, -0.05) is 6.92 Å². The Morgan fingerprint density at radius 2 is 2.16 bits per heavy atom. The first-order valence-electron chi connectivity index (χ1n) is 7.78. The van der Waals surface area contributed by atoms with Gasteiger partial charge >= 0.3 is 0 Å². The Balaban J connectivity index is 0.00000133. The molecule has 1 N–H and O–H groups in total. The summed E-state index contributed by atoms with van der Waals surface area (Å²) in [6.07, 6.45) is 7.24. The normalized spacial score (nSPS) is 36.2. The standard InChI is InChI=1S/C15H28N2O.ClH/c1-15(6-7-16-11-15)12-17-8-2-3-14(9-17)18-10-13-4-5-13;/h13-14,16H,2-12H2,1H3;1H. The molecule has 2 unspecified atom stereocenters. The van der Waals surface area contributed by atoms with Gasteiger partial charge in [0, 0.05) is 26.2 Å². The highest BCUT2D eigenvalue weighted by atomic mass is 35.5. The first-order valence-corrected chi connectivity index (χ1v) is 7.78. The van der Waals surface area contributed by atoms with Crippen LogP contribution in [0.4, 0.5) is 0 Å². The predicted molar refractivity (Wildman–Crippen MR) is 81.0 cm³/mol. The van der Waals surface area contributed by atoms with Gasteiger partial charge in [0.15, 0.2) is 0 Å². The Labute approximate surface area is 123 Å². The third-order valence-corrected chi connectivity index (χ3v) is 4.79. The molecule has 112 valence electrons. The van der Waals surface area contributed by atoms with Crippen molar-refractivity contribution in [3.63, 3.8) is 0 Å². The molecule has 0 radical (unpaired) electrons. The van der Waals surface area contributed by atoms with E-state index >= 15 is 0 Å². The lowest BCUT2D eigenvalue weighted by Gasteiger charge is -2.37. The number of hydrogen-bond acceptors (Lipinski definition) is 3. The summed E-state index contributed by atoms with van der Waals surface area (Å²) in [5, 5.41) is 3.50. The molecule has 3 fully saturated rings. The highest BCUT2D eigenvalue weighted by molar-refractivity contribution is 5.85. The fraction of sp³-hybridized carbons (Fsp3) is 1.00. The molecule has 2 saturated heterocycles. The van der Waals surface area contributed by atoms with Gasteiger partial charge in [0.25, 0.3) is 0 Å². The average Bonchev–Trinajstić information content (AvgIpc) is 3.09. The second-order valence-electron chi connectivity index (χ2n) is 7.01. The van der Waals surface area contributed by atoms with Crippen LogP contribution >= 0.6 is 12.4 Å². The number of halogens is 1. The number of rotatable bonds is 5. The second-order valence-corrected chi connectivity index (χ2v) is 7.01. The quantitative estimate of drug-likeness (QED) is 0.840. The van der Waals surface area contributed by atoms with Crippen molar-refractivity contribution in [3.8, 4) is 0 Å². The molecule has 19 heavy (non-hydrogen) atoms. The lowest BCUT2D eigenvalue weighted by Crippen LogP contribution is -2.45. The molecule has 0 aromatic heterocycles. The number of hydrogen-bond donors (Lipinski definition) is 1. The Kier molecular flexibility index (Phi) is 5.53. The molecule has 4 heteroatoms. The molecule has 0 aromatic rings. The molecule has 3 nitrogen and oxygen atoms in total. The number of likely N-dealkylation sites (tertiary alicyclic amines) is 1.